The normalized spacial score (nSPS) is 37.2. The number of likely N-dealkylation sites (N-methyl/N-ethyl adjacent to an activating group) is 1. The van der Waals surface area contributed by atoms with Gasteiger partial charge in [0.05, 0.1) is 0 Å². The molecule has 0 heterocycles. The van der Waals surface area contributed by atoms with E-state index in [1.807, 2.05) is 0 Å². The Morgan fingerprint density at radius 1 is 1.33 bits per heavy atom. The zero-order valence-corrected chi connectivity index (χ0v) is 8.59. The van der Waals surface area contributed by atoms with Gasteiger partial charge in [-0.3, -0.25) is 0 Å². The van der Waals surface area contributed by atoms with Gasteiger partial charge in [0.1, 0.15) is 0 Å². The molecule has 0 saturated heterocycles. The Hall–Kier alpha value is -0.0800. The lowest BCUT2D eigenvalue weighted by Gasteiger charge is -2.37. The number of hydrogen-bond donors (Lipinski definition) is 1. The monoisotopic (exact) mass is 170 g/mol. The molecule has 0 radical (unpaired) electrons. The highest BCUT2D eigenvalue weighted by Gasteiger charge is 2.28. The van der Waals surface area contributed by atoms with Gasteiger partial charge in [0.2, 0.25) is 0 Å². The van der Waals surface area contributed by atoms with Crippen molar-refractivity contribution in [2.45, 2.75) is 44.7 Å². The van der Waals surface area contributed by atoms with E-state index >= 15 is 0 Å². The van der Waals surface area contributed by atoms with Gasteiger partial charge in [0, 0.05) is 12.1 Å². The van der Waals surface area contributed by atoms with Crippen molar-refractivity contribution in [2.24, 2.45) is 11.7 Å². The summed E-state index contributed by atoms with van der Waals surface area (Å²) in [5, 5.41) is 0. The van der Waals surface area contributed by atoms with Crippen molar-refractivity contribution in [2.75, 3.05) is 14.1 Å². The zero-order valence-electron chi connectivity index (χ0n) is 8.59. The first-order valence-corrected chi connectivity index (χ1v) is 5.07. The summed E-state index contributed by atoms with van der Waals surface area (Å²) in [6.45, 7) is 2.29. The van der Waals surface area contributed by atoms with Gasteiger partial charge < -0.3 is 10.6 Å². The molecule has 1 aliphatic carbocycles. The third-order valence-electron chi connectivity index (χ3n) is 3.22. The quantitative estimate of drug-likeness (QED) is 0.679. The van der Waals surface area contributed by atoms with Crippen LogP contribution in [0.15, 0.2) is 0 Å². The van der Waals surface area contributed by atoms with Crippen molar-refractivity contribution in [1.82, 2.24) is 4.90 Å². The minimum atomic E-state index is 0.405. The van der Waals surface area contributed by atoms with Crippen LogP contribution in [0.1, 0.15) is 32.6 Å². The lowest BCUT2D eigenvalue weighted by Crippen LogP contribution is -2.48. The molecule has 0 spiro atoms. The number of hydrogen-bond acceptors (Lipinski definition) is 2. The SMILES string of the molecule is CCC1CCC(N)C(N(C)C)C1. The van der Waals surface area contributed by atoms with Crippen molar-refractivity contribution in [3.05, 3.63) is 0 Å². The first-order chi connectivity index (χ1) is 5.65. The van der Waals surface area contributed by atoms with Gasteiger partial charge in [-0.25, -0.2) is 0 Å². The van der Waals surface area contributed by atoms with Crippen molar-refractivity contribution < 1.29 is 0 Å². The summed E-state index contributed by atoms with van der Waals surface area (Å²) in [6, 6.07) is 1.02. The average Bonchev–Trinajstić information content (AvgIpc) is 2.05. The second kappa shape index (κ2) is 4.24. The summed E-state index contributed by atoms with van der Waals surface area (Å²) in [7, 11) is 4.28. The molecule has 2 nitrogen and oxygen atoms in total. The Morgan fingerprint density at radius 2 is 2.00 bits per heavy atom. The first kappa shape index (κ1) is 10.0. The molecule has 3 unspecified atom stereocenters. The molecular weight excluding hydrogens is 148 g/mol. The van der Waals surface area contributed by atoms with Crippen LogP contribution in [0, 0.1) is 5.92 Å². The summed E-state index contributed by atoms with van der Waals surface area (Å²) < 4.78 is 0. The van der Waals surface area contributed by atoms with E-state index in [1.54, 1.807) is 0 Å². The van der Waals surface area contributed by atoms with E-state index in [1.165, 1.54) is 25.7 Å². The molecule has 1 saturated carbocycles. The third-order valence-corrected chi connectivity index (χ3v) is 3.22. The van der Waals surface area contributed by atoms with Crippen LogP contribution in [0.2, 0.25) is 0 Å². The molecule has 0 aromatic carbocycles. The van der Waals surface area contributed by atoms with E-state index in [0.717, 1.165) is 5.92 Å². The molecule has 12 heavy (non-hydrogen) atoms. The highest BCUT2D eigenvalue weighted by Crippen LogP contribution is 2.27. The Balaban J connectivity index is 2.47. The molecule has 0 aliphatic heterocycles. The first-order valence-electron chi connectivity index (χ1n) is 5.07. The molecule has 1 rings (SSSR count). The number of nitrogens with zero attached hydrogens (tertiary/aromatic N) is 1. The van der Waals surface area contributed by atoms with Gasteiger partial charge in [-0.1, -0.05) is 13.3 Å². The second-order valence-electron chi connectivity index (χ2n) is 4.28. The minimum Gasteiger partial charge on any atom is -0.326 e. The van der Waals surface area contributed by atoms with E-state index in [9.17, 15) is 0 Å². The van der Waals surface area contributed by atoms with Gasteiger partial charge in [-0.15, -0.1) is 0 Å². The van der Waals surface area contributed by atoms with Crippen LogP contribution in [-0.2, 0) is 0 Å². The Kier molecular flexibility index (Phi) is 3.53. The highest BCUT2D eigenvalue weighted by atomic mass is 15.1. The van der Waals surface area contributed by atoms with Crippen LogP contribution in [0.3, 0.4) is 0 Å². The fraction of sp³-hybridized carbons (Fsp3) is 1.00. The maximum absolute atomic E-state index is 6.06. The summed E-state index contributed by atoms with van der Waals surface area (Å²) in [4.78, 5) is 2.28. The molecule has 0 amide bonds. The Labute approximate surface area is 76.1 Å². The zero-order chi connectivity index (χ0) is 9.14. The Bertz CT molecular complexity index is 134. The van der Waals surface area contributed by atoms with Crippen LogP contribution in [0.4, 0.5) is 0 Å². The highest BCUT2D eigenvalue weighted by molar-refractivity contribution is 4.86. The van der Waals surface area contributed by atoms with Crippen molar-refractivity contribution >= 4 is 0 Å². The molecule has 3 atom stereocenters. The van der Waals surface area contributed by atoms with E-state index in [2.05, 4.69) is 25.9 Å². The van der Waals surface area contributed by atoms with E-state index < -0.39 is 0 Å². The smallest absolute Gasteiger partial charge is 0.0243 e. The van der Waals surface area contributed by atoms with Crippen LogP contribution in [-0.4, -0.2) is 31.1 Å². The molecule has 0 aromatic heterocycles. The summed E-state index contributed by atoms with van der Waals surface area (Å²) in [6.07, 6.45) is 5.16. The number of rotatable bonds is 2. The summed E-state index contributed by atoms with van der Waals surface area (Å²) in [5.41, 5.74) is 6.06. The minimum absolute atomic E-state index is 0.405. The lowest BCUT2D eigenvalue weighted by atomic mass is 9.81. The van der Waals surface area contributed by atoms with Crippen molar-refractivity contribution in [1.29, 1.82) is 0 Å². The second-order valence-corrected chi connectivity index (χ2v) is 4.28. The third kappa shape index (κ3) is 2.20. The molecule has 0 aromatic rings. The van der Waals surface area contributed by atoms with Gasteiger partial charge in [0.25, 0.3) is 0 Å². The van der Waals surface area contributed by atoms with Crippen LogP contribution in [0.5, 0.6) is 0 Å². The molecule has 0 bridgehead atoms. The maximum atomic E-state index is 6.06. The molecule has 1 aliphatic rings. The maximum Gasteiger partial charge on any atom is 0.0243 e. The average molecular weight is 170 g/mol. The lowest BCUT2D eigenvalue weighted by molar-refractivity contribution is 0.159. The molecule has 2 N–H and O–H groups in total. The van der Waals surface area contributed by atoms with Gasteiger partial charge >= 0.3 is 0 Å². The predicted molar refractivity (Wildman–Crippen MR) is 53.1 cm³/mol. The van der Waals surface area contributed by atoms with E-state index in [0.29, 0.717) is 12.1 Å². The Morgan fingerprint density at radius 3 is 2.50 bits per heavy atom. The predicted octanol–water partition coefficient (Wildman–Crippen LogP) is 1.45. The standard InChI is InChI=1S/C10H22N2/c1-4-8-5-6-9(11)10(7-8)12(2)3/h8-10H,4-7,11H2,1-3H3. The van der Waals surface area contributed by atoms with E-state index in [-0.39, 0.29) is 0 Å². The topological polar surface area (TPSA) is 29.3 Å². The molecule has 72 valence electrons. The molecular formula is C10H22N2. The van der Waals surface area contributed by atoms with Crippen LogP contribution in [0.25, 0.3) is 0 Å². The van der Waals surface area contributed by atoms with Crippen LogP contribution >= 0.6 is 0 Å². The van der Waals surface area contributed by atoms with Crippen molar-refractivity contribution in [3.8, 4) is 0 Å². The van der Waals surface area contributed by atoms with Crippen LogP contribution < -0.4 is 5.73 Å². The summed E-state index contributed by atoms with van der Waals surface area (Å²) in [5.74, 6) is 0.914. The van der Waals surface area contributed by atoms with E-state index in [4.69, 9.17) is 5.73 Å². The largest absolute Gasteiger partial charge is 0.326 e. The fourth-order valence-electron chi connectivity index (χ4n) is 2.22. The van der Waals surface area contributed by atoms with Crippen molar-refractivity contribution in [3.63, 3.8) is 0 Å². The van der Waals surface area contributed by atoms with Gasteiger partial charge in [-0.2, -0.15) is 0 Å². The summed E-state index contributed by atoms with van der Waals surface area (Å²) >= 11 is 0. The van der Waals surface area contributed by atoms with Gasteiger partial charge in [0.15, 0.2) is 0 Å². The molecule has 1 fully saturated rings. The fourth-order valence-corrected chi connectivity index (χ4v) is 2.22. The number of nitrogens with two attached hydrogens (primary N) is 1. The van der Waals surface area contributed by atoms with Gasteiger partial charge in [-0.05, 0) is 39.3 Å². The molecule has 2 heteroatoms.